The first-order valence-electron chi connectivity index (χ1n) is 5.06. The number of likely N-dealkylation sites (N-methyl/N-ethyl adjacent to an activating group) is 1. The molecule has 4 heteroatoms. The molecule has 2 unspecified atom stereocenters. The lowest BCUT2D eigenvalue weighted by molar-refractivity contribution is -0.138. The maximum Gasteiger partial charge on any atom is 0.321 e. The van der Waals surface area contributed by atoms with E-state index in [9.17, 15) is 4.79 Å². The van der Waals surface area contributed by atoms with Gasteiger partial charge in [-0.05, 0) is 12.5 Å². The Balaban J connectivity index is 3.87. The second kappa shape index (κ2) is 7.12. The molecular formula is C10H21NO2S. The van der Waals surface area contributed by atoms with Gasteiger partial charge in [-0.3, -0.25) is 4.79 Å². The molecule has 0 heterocycles. The van der Waals surface area contributed by atoms with Crippen LogP contribution >= 0.6 is 11.8 Å². The van der Waals surface area contributed by atoms with Crippen molar-refractivity contribution in [2.45, 2.75) is 39.0 Å². The zero-order chi connectivity index (χ0) is 11.1. The minimum Gasteiger partial charge on any atom is -0.480 e. The van der Waals surface area contributed by atoms with E-state index < -0.39 is 12.0 Å². The van der Waals surface area contributed by atoms with Crippen LogP contribution in [0.15, 0.2) is 0 Å². The normalized spacial score (nSPS) is 15.5. The molecule has 0 aliphatic heterocycles. The van der Waals surface area contributed by atoms with Crippen molar-refractivity contribution < 1.29 is 9.90 Å². The molecule has 0 saturated heterocycles. The predicted octanol–water partition coefficient (Wildman–Crippen LogP) is 1.83. The molecule has 0 fully saturated rings. The number of carboxylic acids is 1. The van der Waals surface area contributed by atoms with Crippen LogP contribution in [0.5, 0.6) is 0 Å². The first-order chi connectivity index (χ1) is 6.49. The van der Waals surface area contributed by atoms with Crippen LogP contribution in [-0.4, -0.2) is 34.7 Å². The number of rotatable bonds is 7. The number of thioether (sulfide) groups is 1. The van der Waals surface area contributed by atoms with Gasteiger partial charge in [-0.15, -0.1) is 0 Å². The van der Waals surface area contributed by atoms with Crippen molar-refractivity contribution in [3.05, 3.63) is 0 Å². The Labute approximate surface area is 90.7 Å². The summed E-state index contributed by atoms with van der Waals surface area (Å²) in [6.07, 6.45) is 0. The van der Waals surface area contributed by atoms with Crippen LogP contribution in [0.3, 0.4) is 0 Å². The standard InChI is InChI=1S/C10H21NO2S/c1-5-11-9(10(12)13)6-14-8(4)7(2)3/h7-9,11H,5-6H2,1-4H3,(H,12,13). The van der Waals surface area contributed by atoms with E-state index >= 15 is 0 Å². The van der Waals surface area contributed by atoms with E-state index in [1.807, 2.05) is 6.92 Å². The molecule has 0 aromatic carbocycles. The summed E-state index contributed by atoms with van der Waals surface area (Å²) in [5.41, 5.74) is 0. The van der Waals surface area contributed by atoms with Gasteiger partial charge in [0.05, 0.1) is 0 Å². The van der Waals surface area contributed by atoms with E-state index in [0.717, 1.165) is 0 Å². The highest BCUT2D eigenvalue weighted by atomic mass is 32.2. The largest absolute Gasteiger partial charge is 0.480 e. The average Bonchev–Trinajstić information content (AvgIpc) is 2.10. The van der Waals surface area contributed by atoms with Crippen molar-refractivity contribution in [3.8, 4) is 0 Å². The zero-order valence-electron chi connectivity index (χ0n) is 9.41. The number of carbonyl (C=O) groups is 1. The molecule has 2 atom stereocenters. The molecule has 0 aliphatic rings. The minimum atomic E-state index is -0.754. The van der Waals surface area contributed by atoms with E-state index in [4.69, 9.17) is 5.11 Å². The smallest absolute Gasteiger partial charge is 0.321 e. The summed E-state index contributed by atoms with van der Waals surface area (Å²) in [4.78, 5) is 10.8. The van der Waals surface area contributed by atoms with Crippen LogP contribution in [0.2, 0.25) is 0 Å². The molecule has 84 valence electrons. The summed E-state index contributed by atoms with van der Waals surface area (Å²) in [5.74, 6) is 0.481. The summed E-state index contributed by atoms with van der Waals surface area (Å²) in [6.45, 7) is 9.07. The first-order valence-corrected chi connectivity index (χ1v) is 6.11. The molecule has 0 saturated carbocycles. The van der Waals surface area contributed by atoms with E-state index in [1.165, 1.54) is 0 Å². The number of hydrogen-bond donors (Lipinski definition) is 2. The maximum atomic E-state index is 10.8. The van der Waals surface area contributed by atoms with Crippen molar-refractivity contribution in [3.63, 3.8) is 0 Å². The molecule has 3 nitrogen and oxygen atoms in total. The van der Waals surface area contributed by atoms with Crippen LogP contribution in [0.4, 0.5) is 0 Å². The van der Waals surface area contributed by atoms with Crippen molar-refractivity contribution in [2.75, 3.05) is 12.3 Å². The second-order valence-corrected chi connectivity index (χ2v) is 5.14. The van der Waals surface area contributed by atoms with Crippen LogP contribution in [-0.2, 0) is 4.79 Å². The molecule has 0 rings (SSSR count). The van der Waals surface area contributed by atoms with Gasteiger partial charge < -0.3 is 10.4 Å². The van der Waals surface area contributed by atoms with E-state index in [0.29, 0.717) is 23.5 Å². The van der Waals surface area contributed by atoms with Crippen molar-refractivity contribution in [1.29, 1.82) is 0 Å². The fraction of sp³-hybridized carbons (Fsp3) is 0.900. The second-order valence-electron chi connectivity index (χ2n) is 3.73. The number of hydrogen-bond acceptors (Lipinski definition) is 3. The molecule has 0 spiro atoms. The fourth-order valence-electron chi connectivity index (χ4n) is 0.904. The maximum absolute atomic E-state index is 10.8. The predicted molar refractivity (Wildman–Crippen MR) is 61.9 cm³/mol. The summed E-state index contributed by atoms with van der Waals surface area (Å²) in [6, 6.07) is -0.411. The number of aliphatic carboxylic acids is 1. The lowest BCUT2D eigenvalue weighted by Crippen LogP contribution is -2.39. The Bertz CT molecular complexity index is 174. The van der Waals surface area contributed by atoms with Gasteiger partial charge in [0, 0.05) is 11.0 Å². The van der Waals surface area contributed by atoms with Gasteiger partial charge in [-0.2, -0.15) is 11.8 Å². The highest BCUT2D eigenvalue weighted by Gasteiger charge is 2.18. The van der Waals surface area contributed by atoms with Gasteiger partial charge in [0.25, 0.3) is 0 Å². The third kappa shape index (κ3) is 5.50. The minimum absolute atomic E-state index is 0.411. The highest BCUT2D eigenvalue weighted by molar-refractivity contribution is 7.99. The highest BCUT2D eigenvalue weighted by Crippen LogP contribution is 2.19. The summed E-state index contributed by atoms with van der Waals surface area (Å²) >= 11 is 1.72. The van der Waals surface area contributed by atoms with Gasteiger partial charge >= 0.3 is 5.97 Å². The van der Waals surface area contributed by atoms with Crippen LogP contribution in [0, 0.1) is 5.92 Å². The molecule has 0 amide bonds. The van der Waals surface area contributed by atoms with Crippen LogP contribution < -0.4 is 5.32 Å². The van der Waals surface area contributed by atoms with E-state index in [1.54, 1.807) is 11.8 Å². The van der Waals surface area contributed by atoms with Gasteiger partial charge in [0.2, 0.25) is 0 Å². The average molecular weight is 219 g/mol. The summed E-state index contributed by atoms with van der Waals surface area (Å²) < 4.78 is 0. The third-order valence-corrected chi connectivity index (χ3v) is 3.81. The van der Waals surface area contributed by atoms with Crippen LogP contribution in [0.25, 0.3) is 0 Å². The zero-order valence-corrected chi connectivity index (χ0v) is 10.2. The summed E-state index contributed by atoms with van der Waals surface area (Å²) in [5, 5.41) is 12.3. The number of carboxylic acid groups (broad SMARTS) is 1. The molecule has 0 aromatic rings. The van der Waals surface area contributed by atoms with Crippen molar-refractivity contribution >= 4 is 17.7 Å². The number of nitrogens with one attached hydrogen (secondary N) is 1. The Morgan fingerprint density at radius 3 is 2.36 bits per heavy atom. The lowest BCUT2D eigenvalue weighted by atomic mass is 10.2. The Morgan fingerprint density at radius 1 is 1.43 bits per heavy atom. The quantitative estimate of drug-likeness (QED) is 0.686. The van der Waals surface area contributed by atoms with Gasteiger partial charge in [-0.25, -0.2) is 0 Å². The molecule has 0 aliphatic carbocycles. The molecule has 0 radical (unpaired) electrons. The van der Waals surface area contributed by atoms with Crippen molar-refractivity contribution in [1.82, 2.24) is 5.32 Å². The summed E-state index contributed by atoms with van der Waals surface area (Å²) in [7, 11) is 0. The molecule has 14 heavy (non-hydrogen) atoms. The lowest BCUT2D eigenvalue weighted by Gasteiger charge is -2.18. The molecule has 0 aromatic heterocycles. The van der Waals surface area contributed by atoms with Crippen molar-refractivity contribution in [2.24, 2.45) is 5.92 Å². The topological polar surface area (TPSA) is 49.3 Å². The SMILES string of the molecule is CCNC(CSC(C)C(C)C)C(=O)O. The fourth-order valence-corrected chi connectivity index (χ4v) is 2.05. The van der Waals surface area contributed by atoms with E-state index in [-0.39, 0.29) is 0 Å². The van der Waals surface area contributed by atoms with Gasteiger partial charge in [0.15, 0.2) is 0 Å². The monoisotopic (exact) mass is 219 g/mol. The molecular weight excluding hydrogens is 198 g/mol. The molecule has 2 N–H and O–H groups in total. The van der Waals surface area contributed by atoms with Gasteiger partial charge in [-0.1, -0.05) is 27.7 Å². The van der Waals surface area contributed by atoms with Crippen LogP contribution in [0.1, 0.15) is 27.7 Å². The Kier molecular flexibility index (Phi) is 7.01. The van der Waals surface area contributed by atoms with Gasteiger partial charge in [0.1, 0.15) is 6.04 Å². The Hall–Kier alpha value is -0.220. The van der Waals surface area contributed by atoms with E-state index in [2.05, 4.69) is 26.1 Å². The first kappa shape index (κ1) is 13.8. The Morgan fingerprint density at radius 2 is 2.00 bits per heavy atom. The molecule has 0 bridgehead atoms. The third-order valence-electron chi connectivity index (χ3n) is 2.21.